The van der Waals surface area contributed by atoms with E-state index in [0.29, 0.717) is 6.42 Å². The lowest BCUT2D eigenvalue weighted by Crippen LogP contribution is -2.31. The van der Waals surface area contributed by atoms with Crippen LogP contribution >= 0.6 is 47.8 Å². The average molecular weight is 477 g/mol. The zero-order valence-electron chi connectivity index (χ0n) is 10.7. The first-order chi connectivity index (χ1) is 8.84. The van der Waals surface area contributed by atoms with E-state index in [1.165, 1.54) is 11.8 Å². The van der Waals surface area contributed by atoms with Gasteiger partial charge in [0.15, 0.2) is 0 Å². The molecule has 0 unspecified atom stereocenters. The van der Waals surface area contributed by atoms with E-state index in [2.05, 4.69) is 53.9 Å². The molecule has 0 fully saturated rings. The predicted octanol–water partition coefficient (Wildman–Crippen LogP) is 4.30. The maximum Gasteiger partial charge on any atom is 0.147 e. The van der Waals surface area contributed by atoms with E-state index in [4.69, 9.17) is 0 Å². The van der Waals surface area contributed by atoms with Crippen molar-refractivity contribution in [1.82, 2.24) is 0 Å². The molecule has 19 heavy (non-hydrogen) atoms. The SMILES string of the molecule is CS(=O)(=O)CCCC(CBr)(CBr)c1ccccc1Br. The number of benzene rings is 1. The van der Waals surface area contributed by atoms with Crippen LogP contribution in [0.25, 0.3) is 0 Å². The van der Waals surface area contributed by atoms with Gasteiger partial charge in [-0.1, -0.05) is 66.0 Å². The van der Waals surface area contributed by atoms with Crippen molar-refractivity contribution in [2.45, 2.75) is 18.3 Å². The molecule has 1 aromatic rings. The molecular weight excluding hydrogens is 460 g/mol. The highest BCUT2D eigenvalue weighted by atomic mass is 79.9. The molecule has 0 aromatic heterocycles. The monoisotopic (exact) mass is 474 g/mol. The van der Waals surface area contributed by atoms with Crippen LogP contribution in [0.15, 0.2) is 28.7 Å². The Morgan fingerprint density at radius 1 is 1.16 bits per heavy atom. The molecule has 0 heterocycles. The summed E-state index contributed by atoms with van der Waals surface area (Å²) in [5.74, 6) is 0.235. The van der Waals surface area contributed by atoms with Crippen molar-refractivity contribution >= 4 is 57.6 Å². The maximum atomic E-state index is 11.3. The first-order valence-corrected chi connectivity index (χ1v) is 11.0. The van der Waals surface area contributed by atoms with Gasteiger partial charge < -0.3 is 0 Å². The minimum absolute atomic E-state index is 0.0925. The topological polar surface area (TPSA) is 34.1 Å². The number of alkyl halides is 2. The number of sulfone groups is 1. The van der Waals surface area contributed by atoms with Gasteiger partial charge in [0.2, 0.25) is 0 Å². The molecule has 0 bridgehead atoms. The van der Waals surface area contributed by atoms with Gasteiger partial charge in [0, 0.05) is 32.6 Å². The summed E-state index contributed by atoms with van der Waals surface area (Å²) in [5, 5.41) is 1.58. The summed E-state index contributed by atoms with van der Waals surface area (Å²) in [6, 6.07) is 8.10. The molecule has 2 nitrogen and oxygen atoms in total. The van der Waals surface area contributed by atoms with Crippen LogP contribution in [0.3, 0.4) is 0 Å². The van der Waals surface area contributed by atoms with E-state index in [0.717, 1.165) is 21.6 Å². The van der Waals surface area contributed by atoms with Crippen molar-refractivity contribution in [3.05, 3.63) is 34.3 Å². The van der Waals surface area contributed by atoms with Crippen LogP contribution in [-0.4, -0.2) is 31.1 Å². The molecule has 0 spiro atoms. The molecule has 0 amide bonds. The number of halogens is 3. The van der Waals surface area contributed by atoms with Gasteiger partial charge >= 0.3 is 0 Å². The van der Waals surface area contributed by atoms with Gasteiger partial charge in [-0.3, -0.25) is 0 Å². The van der Waals surface area contributed by atoms with Crippen molar-refractivity contribution in [3.8, 4) is 0 Å². The Morgan fingerprint density at radius 2 is 1.74 bits per heavy atom. The Kier molecular flexibility index (Phi) is 7.04. The second-order valence-corrected chi connectivity index (χ2v) is 9.00. The van der Waals surface area contributed by atoms with Crippen molar-refractivity contribution in [1.29, 1.82) is 0 Å². The Balaban J connectivity index is 2.95. The fourth-order valence-corrected chi connectivity index (χ4v) is 5.48. The van der Waals surface area contributed by atoms with E-state index in [1.807, 2.05) is 18.2 Å². The van der Waals surface area contributed by atoms with Crippen molar-refractivity contribution < 1.29 is 8.42 Å². The normalized spacial score (nSPS) is 12.6. The van der Waals surface area contributed by atoms with Gasteiger partial charge in [-0.15, -0.1) is 0 Å². The van der Waals surface area contributed by atoms with Gasteiger partial charge in [0.1, 0.15) is 9.84 Å². The first-order valence-electron chi connectivity index (χ1n) is 5.89. The lowest BCUT2D eigenvalue weighted by molar-refractivity contribution is 0.493. The van der Waals surface area contributed by atoms with E-state index in [9.17, 15) is 8.42 Å². The summed E-state index contributed by atoms with van der Waals surface area (Å²) in [5.41, 5.74) is 1.11. The third-order valence-corrected chi connectivity index (χ3v) is 7.00. The number of rotatable bonds is 7. The van der Waals surface area contributed by atoms with Crippen LogP contribution in [0, 0.1) is 0 Å². The molecule has 0 atom stereocenters. The van der Waals surface area contributed by atoms with Crippen molar-refractivity contribution in [2.24, 2.45) is 0 Å². The summed E-state index contributed by atoms with van der Waals surface area (Å²) in [4.78, 5) is 0. The zero-order valence-corrected chi connectivity index (χ0v) is 16.3. The van der Waals surface area contributed by atoms with Crippen molar-refractivity contribution in [3.63, 3.8) is 0 Å². The molecular formula is C13H17Br3O2S. The van der Waals surface area contributed by atoms with Crippen LogP contribution in [0.2, 0.25) is 0 Å². The van der Waals surface area contributed by atoms with E-state index < -0.39 is 9.84 Å². The molecule has 1 aromatic carbocycles. The van der Waals surface area contributed by atoms with Crippen molar-refractivity contribution in [2.75, 3.05) is 22.7 Å². The van der Waals surface area contributed by atoms with Crippen LogP contribution in [-0.2, 0) is 15.3 Å². The molecule has 0 N–H and O–H groups in total. The van der Waals surface area contributed by atoms with Gasteiger partial charge in [-0.25, -0.2) is 8.42 Å². The molecule has 6 heteroatoms. The fourth-order valence-electron chi connectivity index (χ4n) is 2.01. The fraction of sp³-hybridized carbons (Fsp3) is 0.538. The van der Waals surface area contributed by atoms with Gasteiger partial charge in [0.05, 0.1) is 0 Å². The zero-order chi connectivity index (χ0) is 14.5. The summed E-state index contributed by atoms with van der Waals surface area (Å²) in [6.07, 6.45) is 2.77. The van der Waals surface area contributed by atoms with Gasteiger partial charge in [0.25, 0.3) is 0 Å². The first kappa shape index (κ1) is 17.7. The lowest BCUT2D eigenvalue weighted by atomic mass is 9.80. The molecule has 0 aliphatic rings. The Labute approximate surface area is 140 Å². The third-order valence-electron chi connectivity index (χ3n) is 3.13. The van der Waals surface area contributed by atoms with E-state index in [-0.39, 0.29) is 11.2 Å². The van der Waals surface area contributed by atoms with Gasteiger partial charge in [-0.05, 0) is 24.5 Å². The van der Waals surface area contributed by atoms with Crippen LogP contribution in [0.5, 0.6) is 0 Å². The largest absolute Gasteiger partial charge is 0.229 e. The van der Waals surface area contributed by atoms with Crippen LogP contribution in [0.1, 0.15) is 18.4 Å². The van der Waals surface area contributed by atoms with Crippen LogP contribution < -0.4 is 0 Å². The molecule has 0 aliphatic heterocycles. The molecule has 108 valence electrons. The highest BCUT2D eigenvalue weighted by Crippen LogP contribution is 2.37. The second kappa shape index (κ2) is 7.57. The number of hydrogen-bond donors (Lipinski definition) is 0. The number of hydrogen-bond acceptors (Lipinski definition) is 2. The Bertz CT molecular complexity index is 510. The summed E-state index contributed by atoms with van der Waals surface area (Å²) in [6.45, 7) is 0. The second-order valence-electron chi connectivity index (χ2n) is 4.76. The highest BCUT2D eigenvalue weighted by Gasteiger charge is 2.31. The smallest absolute Gasteiger partial charge is 0.147 e. The molecule has 0 radical (unpaired) electrons. The molecule has 0 saturated heterocycles. The minimum Gasteiger partial charge on any atom is -0.229 e. The average Bonchev–Trinajstić information content (AvgIpc) is 2.35. The Morgan fingerprint density at radius 3 is 2.21 bits per heavy atom. The maximum absolute atomic E-state index is 11.3. The summed E-state index contributed by atoms with van der Waals surface area (Å²) >= 11 is 10.8. The highest BCUT2D eigenvalue weighted by molar-refractivity contribution is 9.10. The lowest BCUT2D eigenvalue weighted by Gasteiger charge is -2.31. The van der Waals surface area contributed by atoms with Crippen LogP contribution in [0.4, 0.5) is 0 Å². The molecule has 0 aliphatic carbocycles. The minimum atomic E-state index is -2.90. The summed E-state index contributed by atoms with van der Waals surface area (Å²) in [7, 11) is -2.90. The van der Waals surface area contributed by atoms with Gasteiger partial charge in [-0.2, -0.15) is 0 Å². The summed E-state index contributed by atoms with van der Waals surface area (Å²) < 4.78 is 23.6. The Hall–Kier alpha value is 0.610. The molecule has 1 rings (SSSR count). The molecule has 0 saturated carbocycles. The predicted molar refractivity (Wildman–Crippen MR) is 92.4 cm³/mol. The van der Waals surface area contributed by atoms with E-state index in [1.54, 1.807) is 0 Å². The standard InChI is InChI=1S/C13H17Br3O2S/c1-19(17,18)8-4-7-13(9-14,10-15)11-5-2-3-6-12(11)16/h2-3,5-6H,4,7-10H2,1H3. The third kappa shape index (κ3) is 5.14. The van der Waals surface area contributed by atoms with E-state index >= 15 is 0 Å². The quantitative estimate of drug-likeness (QED) is 0.550.